The number of hydrogen-bond acceptors (Lipinski definition) is 1. The quantitative estimate of drug-likeness (QED) is 0.693. The summed E-state index contributed by atoms with van der Waals surface area (Å²) in [7, 11) is 0. The van der Waals surface area contributed by atoms with E-state index < -0.39 is 0 Å². The molecule has 0 unspecified atom stereocenters. The molecule has 2 heteroatoms. The molecule has 1 aromatic rings. The third-order valence-corrected chi connectivity index (χ3v) is 2.52. The normalized spacial score (nSPS) is 16.2. The number of benzene rings is 1. The average Bonchev–Trinajstić information content (AvgIpc) is 2.40. The number of hydrogen-bond donors (Lipinski definition) is 1. The predicted octanol–water partition coefficient (Wildman–Crippen LogP) is 3.00. The van der Waals surface area contributed by atoms with Gasteiger partial charge >= 0.3 is 0 Å². The lowest BCUT2D eigenvalue weighted by Gasteiger charge is -2.19. The summed E-state index contributed by atoms with van der Waals surface area (Å²) in [5.41, 5.74) is 2.91. The van der Waals surface area contributed by atoms with Gasteiger partial charge in [-0.2, -0.15) is 0 Å². The molecule has 0 atom stereocenters. The SMILES string of the molecule is CC.Cc1ccc2c(c1)C(C)(C)NC2=O. The minimum absolute atomic E-state index is 0.0417. The standard InChI is InChI=1S/C11H13NO.C2H6/c1-7-4-5-8-9(6-7)11(2,3)12-10(8)13;1-2/h4-6H,1-3H3,(H,12,13);1-2H3. The molecule has 2 nitrogen and oxygen atoms in total. The van der Waals surface area contributed by atoms with Gasteiger partial charge in [-0.15, -0.1) is 0 Å². The van der Waals surface area contributed by atoms with Crippen LogP contribution in [-0.2, 0) is 5.54 Å². The third-order valence-electron chi connectivity index (χ3n) is 2.52. The molecule has 1 aliphatic rings. The van der Waals surface area contributed by atoms with Crippen LogP contribution in [0.5, 0.6) is 0 Å². The number of aryl methyl sites for hydroxylation is 1. The van der Waals surface area contributed by atoms with Crippen molar-refractivity contribution < 1.29 is 4.79 Å². The predicted molar refractivity (Wildman–Crippen MR) is 63.0 cm³/mol. The summed E-state index contributed by atoms with van der Waals surface area (Å²) in [4.78, 5) is 11.5. The Morgan fingerprint density at radius 1 is 1.20 bits per heavy atom. The first-order valence-electron chi connectivity index (χ1n) is 5.44. The lowest BCUT2D eigenvalue weighted by molar-refractivity contribution is 0.0940. The van der Waals surface area contributed by atoms with E-state index in [0.717, 1.165) is 11.1 Å². The van der Waals surface area contributed by atoms with Crippen LogP contribution in [0.3, 0.4) is 0 Å². The first-order valence-corrected chi connectivity index (χ1v) is 5.44. The molecule has 15 heavy (non-hydrogen) atoms. The summed E-state index contributed by atoms with van der Waals surface area (Å²) in [5.74, 6) is 0.0417. The van der Waals surface area contributed by atoms with Crippen LogP contribution in [0.4, 0.5) is 0 Å². The van der Waals surface area contributed by atoms with Gasteiger partial charge in [-0.3, -0.25) is 4.79 Å². The van der Waals surface area contributed by atoms with E-state index >= 15 is 0 Å². The third kappa shape index (κ3) is 2.04. The molecule has 0 saturated heterocycles. The Balaban J connectivity index is 0.000000531. The van der Waals surface area contributed by atoms with Gasteiger partial charge in [-0.1, -0.05) is 31.5 Å². The van der Waals surface area contributed by atoms with E-state index in [9.17, 15) is 4.79 Å². The first-order chi connectivity index (χ1) is 7.00. The second-order valence-electron chi connectivity index (χ2n) is 4.13. The topological polar surface area (TPSA) is 29.1 Å². The molecule has 0 spiro atoms. The zero-order valence-electron chi connectivity index (χ0n) is 10.1. The van der Waals surface area contributed by atoms with Crippen molar-refractivity contribution in [3.05, 3.63) is 34.9 Å². The summed E-state index contributed by atoms with van der Waals surface area (Å²) < 4.78 is 0. The Morgan fingerprint density at radius 2 is 1.80 bits per heavy atom. The van der Waals surface area contributed by atoms with Crippen molar-refractivity contribution in [1.29, 1.82) is 0 Å². The number of nitrogens with one attached hydrogen (secondary N) is 1. The minimum Gasteiger partial charge on any atom is -0.343 e. The van der Waals surface area contributed by atoms with Gasteiger partial charge in [0.1, 0.15) is 0 Å². The van der Waals surface area contributed by atoms with E-state index in [0.29, 0.717) is 0 Å². The van der Waals surface area contributed by atoms with Crippen LogP contribution in [0.2, 0.25) is 0 Å². The van der Waals surface area contributed by atoms with Gasteiger partial charge in [0.05, 0.1) is 5.54 Å². The maximum atomic E-state index is 11.5. The Kier molecular flexibility index (Phi) is 3.18. The number of carbonyl (C=O) groups is 1. The van der Waals surface area contributed by atoms with Gasteiger partial charge in [0.25, 0.3) is 5.91 Å². The largest absolute Gasteiger partial charge is 0.343 e. The van der Waals surface area contributed by atoms with Crippen LogP contribution in [0.15, 0.2) is 18.2 Å². The van der Waals surface area contributed by atoms with Gasteiger partial charge < -0.3 is 5.32 Å². The first kappa shape index (κ1) is 11.8. The summed E-state index contributed by atoms with van der Waals surface area (Å²) in [6.45, 7) is 10.1. The van der Waals surface area contributed by atoms with Crippen molar-refractivity contribution in [3.8, 4) is 0 Å². The molecule has 1 aliphatic heterocycles. The monoisotopic (exact) mass is 205 g/mol. The molecule has 1 aromatic carbocycles. The van der Waals surface area contributed by atoms with Gasteiger partial charge in [-0.05, 0) is 32.4 Å². The molecule has 82 valence electrons. The van der Waals surface area contributed by atoms with E-state index in [2.05, 4.69) is 11.4 Å². The van der Waals surface area contributed by atoms with E-state index in [1.54, 1.807) is 0 Å². The number of amides is 1. The fourth-order valence-corrected chi connectivity index (χ4v) is 1.79. The Hall–Kier alpha value is -1.31. The van der Waals surface area contributed by atoms with Gasteiger partial charge in [0.2, 0.25) is 0 Å². The average molecular weight is 205 g/mol. The van der Waals surface area contributed by atoms with Crippen molar-refractivity contribution in [2.24, 2.45) is 0 Å². The van der Waals surface area contributed by atoms with Crippen molar-refractivity contribution >= 4 is 5.91 Å². The summed E-state index contributed by atoms with van der Waals surface area (Å²) in [6, 6.07) is 5.95. The van der Waals surface area contributed by atoms with E-state index in [4.69, 9.17) is 0 Å². The molecular weight excluding hydrogens is 186 g/mol. The molecule has 0 fully saturated rings. The van der Waals surface area contributed by atoms with Gasteiger partial charge in [0.15, 0.2) is 0 Å². The summed E-state index contributed by atoms with van der Waals surface area (Å²) in [6.07, 6.45) is 0. The summed E-state index contributed by atoms with van der Waals surface area (Å²) in [5, 5.41) is 2.95. The maximum absolute atomic E-state index is 11.5. The molecular formula is C13H19NO. The van der Waals surface area contributed by atoms with Gasteiger partial charge in [0, 0.05) is 5.56 Å². The maximum Gasteiger partial charge on any atom is 0.252 e. The zero-order valence-corrected chi connectivity index (χ0v) is 10.1. The molecule has 0 aromatic heterocycles. The molecule has 2 rings (SSSR count). The minimum atomic E-state index is -0.210. The second-order valence-corrected chi connectivity index (χ2v) is 4.13. The van der Waals surface area contributed by atoms with Crippen molar-refractivity contribution in [3.63, 3.8) is 0 Å². The molecule has 0 bridgehead atoms. The molecule has 0 aliphatic carbocycles. The highest BCUT2D eigenvalue weighted by molar-refractivity contribution is 5.99. The highest BCUT2D eigenvalue weighted by Gasteiger charge is 2.34. The van der Waals surface area contributed by atoms with Crippen LogP contribution < -0.4 is 5.32 Å². The molecule has 0 radical (unpaired) electrons. The van der Waals surface area contributed by atoms with Crippen LogP contribution >= 0.6 is 0 Å². The zero-order chi connectivity index (χ0) is 11.6. The van der Waals surface area contributed by atoms with Crippen molar-refractivity contribution in [1.82, 2.24) is 5.32 Å². The molecule has 0 saturated carbocycles. The molecule has 1 N–H and O–H groups in total. The van der Waals surface area contributed by atoms with Crippen LogP contribution in [0.1, 0.15) is 49.2 Å². The van der Waals surface area contributed by atoms with E-state index in [1.165, 1.54) is 5.56 Å². The van der Waals surface area contributed by atoms with Crippen molar-refractivity contribution in [2.75, 3.05) is 0 Å². The Morgan fingerprint density at radius 3 is 2.40 bits per heavy atom. The molecule has 1 amide bonds. The van der Waals surface area contributed by atoms with Crippen molar-refractivity contribution in [2.45, 2.75) is 40.2 Å². The number of rotatable bonds is 0. The smallest absolute Gasteiger partial charge is 0.252 e. The second kappa shape index (κ2) is 4.05. The van der Waals surface area contributed by atoms with Gasteiger partial charge in [-0.25, -0.2) is 0 Å². The summed E-state index contributed by atoms with van der Waals surface area (Å²) >= 11 is 0. The number of fused-ring (bicyclic) bond motifs is 1. The number of carbonyl (C=O) groups excluding carboxylic acids is 1. The fraction of sp³-hybridized carbons (Fsp3) is 0.462. The van der Waals surface area contributed by atoms with E-state index in [-0.39, 0.29) is 11.4 Å². The Labute approximate surface area is 91.7 Å². The fourth-order valence-electron chi connectivity index (χ4n) is 1.79. The Bertz CT molecular complexity index is 380. The highest BCUT2D eigenvalue weighted by atomic mass is 16.2. The van der Waals surface area contributed by atoms with Crippen LogP contribution in [-0.4, -0.2) is 5.91 Å². The lowest BCUT2D eigenvalue weighted by Crippen LogP contribution is -2.32. The molecule has 1 heterocycles. The highest BCUT2D eigenvalue weighted by Crippen LogP contribution is 2.30. The lowest BCUT2D eigenvalue weighted by atomic mass is 9.93. The van der Waals surface area contributed by atoms with Crippen LogP contribution in [0, 0.1) is 6.92 Å². The van der Waals surface area contributed by atoms with E-state index in [1.807, 2.05) is 46.8 Å². The van der Waals surface area contributed by atoms with Crippen LogP contribution in [0.25, 0.3) is 0 Å².